The van der Waals surface area contributed by atoms with Gasteiger partial charge in [0.15, 0.2) is 0 Å². The Morgan fingerprint density at radius 2 is 2.00 bits per heavy atom. The van der Waals surface area contributed by atoms with Crippen molar-refractivity contribution < 1.29 is 9.32 Å². The highest BCUT2D eigenvalue weighted by atomic mass is 32.2. The van der Waals surface area contributed by atoms with E-state index >= 15 is 0 Å². The van der Waals surface area contributed by atoms with Crippen LogP contribution < -0.4 is 5.32 Å². The van der Waals surface area contributed by atoms with Crippen LogP contribution in [0.5, 0.6) is 0 Å². The third-order valence-corrected chi connectivity index (χ3v) is 2.96. The molecule has 0 heterocycles. The van der Waals surface area contributed by atoms with Crippen LogP contribution in [0.15, 0.2) is 29.2 Å². The van der Waals surface area contributed by atoms with Gasteiger partial charge in [-0.3, -0.25) is 4.21 Å². The number of hydrogen-bond acceptors (Lipinski definition) is 3. The van der Waals surface area contributed by atoms with E-state index in [-0.39, 0.29) is 6.10 Å². The molecule has 1 rings (SSSR count). The minimum absolute atomic E-state index is 0.326. The molecule has 2 N–H and O–H groups in total. The van der Waals surface area contributed by atoms with Crippen LogP contribution in [0.25, 0.3) is 0 Å². The van der Waals surface area contributed by atoms with Crippen LogP contribution in [-0.2, 0) is 17.3 Å². The summed E-state index contributed by atoms with van der Waals surface area (Å²) in [6, 6.07) is 7.64. The van der Waals surface area contributed by atoms with E-state index in [9.17, 15) is 4.21 Å². The SMILES string of the molecule is CC(O)CNCc1ccc(S(C)=O)cc1. The van der Waals surface area contributed by atoms with Crippen LogP contribution in [-0.4, -0.2) is 28.2 Å². The Hall–Kier alpha value is -0.710. The zero-order valence-electron chi connectivity index (χ0n) is 9.06. The van der Waals surface area contributed by atoms with Gasteiger partial charge < -0.3 is 10.4 Å². The predicted octanol–water partition coefficient (Wildman–Crippen LogP) is 0.894. The van der Waals surface area contributed by atoms with E-state index in [0.29, 0.717) is 6.54 Å². The molecule has 84 valence electrons. The first kappa shape index (κ1) is 12.4. The summed E-state index contributed by atoms with van der Waals surface area (Å²) < 4.78 is 11.1. The molecular weight excluding hydrogens is 210 g/mol. The van der Waals surface area contributed by atoms with Gasteiger partial charge in [-0.25, -0.2) is 0 Å². The van der Waals surface area contributed by atoms with E-state index in [1.807, 2.05) is 24.3 Å². The van der Waals surface area contributed by atoms with Gasteiger partial charge in [0.05, 0.1) is 6.10 Å². The summed E-state index contributed by atoms with van der Waals surface area (Å²) in [7, 11) is -0.911. The topological polar surface area (TPSA) is 49.3 Å². The molecule has 2 unspecified atom stereocenters. The van der Waals surface area contributed by atoms with Gasteiger partial charge in [0.1, 0.15) is 0 Å². The lowest BCUT2D eigenvalue weighted by Crippen LogP contribution is -2.23. The summed E-state index contributed by atoms with van der Waals surface area (Å²) in [4.78, 5) is 0.842. The zero-order valence-corrected chi connectivity index (χ0v) is 9.88. The number of hydrogen-bond donors (Lipinski definition) is 2. The van der Waals surface area contributed by atoms with Crippen molar-refractivity contribution in [2.45, 2.75) is 24.5 Å². The zero-order chi connectivity index (χ0) is 11.3. The van der Waals surface area contributed by atoms with Crippen LogP contribution >= 0.6 is 0 Å². The van der Waals surface area contributed by atoms with Crippen molar-refractivity contribution in [3.8, 4) is 0 Å². The van der Waals surface area contributed by atoms with Gasteiger partial charge in [-0.1, -0.05) is 12.1 Å². The highest BCUT2D eigenvalue weighted by Gasteiger charge is 1.98. The van der Waals surface area contributed by atoms with Gasteiger partial charge >= 0.3 is 0 Å². The maximum atomic E-state index is 11.1. The minimum atomic E-state index is -0.911. The molecule has 15 heavy (non-hydrogen) atoms. The van der Waals surface area contributed by atoms with Gasteiger partial charge in [-0.2, -0.15) is 0 Å². The normalized spacial score (nSPS) is 14.9. The highest BCUT2D eigenvalue weighted by molar-refractivity contribution is 7.84. The Kier molecular flexibility index (Phi) is 4.94. The minimum Gasteiger partial charge on any atom is -0.392 e. The summed E-state index contributed by atoms with van der Waals surface area (Å²) in [6.45, 7) is 3.05. The number of nitrogens with one attached hydrogen (secondary N) is 1. The number of rotatable bonds is 5. The van der Waals surface area contributed by atoms with Gasteiger partial charge in [0.25, 0.3) is 0 Å². The first-order valence-electron chi connectivity index (χ1n) is 4.90. The van der Waals surface area contributed by atoms with Crippen molar-refractivity contribution in [2.24, 2.45) is 0 Å². The molecule has 0 saturated heterocycles. The van der Waals surface area contributed by atoms with Gasteiger partial charge in [0, 0.05) is 35.0 Å². The molecule has 0 aliphatic heterocycles. The van der Waals surface area contributed by atoms with E-state index in [1.165, 1.54) is 0 Å². The summed E-state index contributed by atoms with van der Waals surface area (Å²) in [5.74, 6) is 0. The Balaban J connectivity index is 2.46. The van der Waals surface area contributed by atoms with Crippen LogP contribution in [0, 0.1) is 0 Å². The maximum Gasteiger partial charge on any atom is 0.0636 e. The Labute approximate surface area is 93.0 Å². The molecule has 0 aliphatic rings. The molecule has 0 aromatic heterocycles. The summed E-state index contributed by atoms with van der Waals surface area (Å²) in [6.07, 6.45) is 1.34. The van der Waals surface area contributed by atoms with Crippen LogP contribution in [0.4, 0.5) is 0 Å². The maximum absolute atomic E-state index is 11.1. The number of aliphatic hydroxyl groups is 1. The first-order valence-corrected chi connectivity index (χ1v) is 6.46. The second kappa shape index (κ2) is 6.00. The fourth-order valence-corrected chi connectivity index (χ4v) is 1.74. The molecular formula is C11H17NO2S. The van der Waals surface area contributed by atoms with Crippen molar-refractivity contribution in [3.05, 3.63) is 29.8 Å². The van der Waals surface area contributed by atoms with Gasteiger partial charge in [0.2, 0.25) is 0 Å². The van der Waals surface area contributed by atoms with Crippen LogP contribution in [0.2, 0.25) is 0 Å². The van der Waals surface area contributed by atoms with E-state index in [4.69, 9.17) is 5.11 Å². The average molecular weight is 227 g/mol. The average Bonchev–Trinajstić information content (AvgIpc) is 2.18. The quantitative estimate of drug-likeness (QED) is 0.785. The van der Waals surface area contributed by atoms with E-state index in [2.05, 4.69) is 5.32 Å². The summed E-state index contributed by atoms with van der Waals surface area (Å²) >= 11 is 0. The smallest absolute Gasteiger partial charge is 0.0636 e. The van der Waals surface area contributed by atoms with E-state index < -0.39 is 10.8 Å². The lowest BCUT2D eigenvalue weighted by atomic mass is 10.2. The van der Waals surface area contributed by atoms with Crippen molar-refractivity contribution in [3.63, 3.8) is 0 Å². The molecule has 0 radical (unpaired) electrons. The van der Waals surface area contributed by atoms with Gasteiger partial charge in [-0.15, -0.1) is 0 Å². The monoisotopic (exact) mass is 227 g/mol. The molecule has 1 aromatic rings. The molecule has 0 saturated carbocycles. The standard InChI is InChI=1S/C11H17NO2S/c1-9(13)7-12-8-10-3-5-11(6-4-10)15(2)14/h3-6,9,12-13H,7-8H2,1-2H3. The van der Waals surface area contributed by atoms with E-state index in [0.717, 1.165) is 17.0 Å². The lowest BCUT2D eigenvalue weighted by Gasteiger charge is -2.07. The summed E-state index contributed by atoms with van der Waals surface area (Å²) in [5, 5.41) is 12.2. The van der Waals surface area contributed by atoms with Crippen molar-refractivity contribution >= 4 is 10.8 Å². The molecule has 2 atom stereocenters. The molecule has 0 amide bonds. The number of benzene rings is 1. The predicted molar refractivity (Wildman–Crippen MR) is 62.2 cm³/mol. The number of aliphatic hydroxyl groups excluding tert-OH is 1. The molecule has 1 aromatic carbocycles. The largest absolute Gasteiger partial charge is 0.392 e. The molecule has 4 heteroatoms. The fraction of sp³-hybridized carbons (Fsp3) is 0.455. The molecule has 0 spiro atoms. The van der Waals surface area contributed by atoms with Crippen molar-refractivity contribution in [1.29, 1.82) is 0 Å². The molecule has 3 nitrogen and oxygen atoms in total. The van der Waals surface area contributed by atoms with Crippen molar-refractivity contribution in [1.82, 2.24) is 5.32 Å². The summed E-state index contributed by atoms with van der Waals surface area (Å²) in [5.41, 5.74) is 1.13. The molecule has 0 aliphatic carbocycles. The van der Waals surface area contributed by atoms with Gasteiger partial charge in [-0.05, 0) is 24.6 Å². The fourth-order valence-electron chi connectivity index (χ4n) is 1.22. The van der Waals surface area contributed by atoms with Crippen LogP contribution in [0.3, 0.4) is 0 Å². The molecule has 0 bridgehead atoms. The first-order chi connectivity index (χ1) is 7.09. The highest BCUT2D eigenvalue weighted by Crippen LogP contribution is 2.07. The van der Waals surface area contributed by atoms with E-state index in [1.54, 1.807) is 13.2 Å². The molecule has 0 fully saturated rings. The lowest BCUT2D eigenvalue weighted by molar-refractivity contribution is 0.191. The van der Waals surface area contributed by atoms with Crippen molar-refractivity contribution in [2.75, 3.05) is 12.8 Å². The van der Waals surface area contributed by atoms with Crippen LogP contribution in [0.1, 0.15) is 12.5 Å². The second-order valence-electron chi connectivity index (χ2n) is 3.58. The Morgan fingerprint density at radius 3 is 2.47 bits per heavy atom. The third-order valence-electron chi connectivity index (χ3n) is 2.02. The Bertz CT molecular complexity index is 322. The second-order valence-corrected chi connectivity index (χ2v) is 4.96. The third kappa shape index (κ3) is 4.55. The Morgan fingerprint density at radius 1 is 1.40 bits per heavy atom.